The van der Waals surface area contributed by atoms with E-state index in [9.17, 15) is 44.4 Å². The van der Waals surface area contributed by atoms with Crippen LogP contribution in [-0.2, 0) is 32.0 Å². The number of ether oxygens (including phenoxy) is 2. The molecule has 0 aliphatic carbocycles. The summed E-state index contributed by atoms with van der Waals surface area (Å²) in [7, 11) is -11.0. The highest BCUT2D eigenvalue weighted by molar-refractivity contribution is 7.61. The smallest absolute Gasteiger partial charge is 0.394 e. The van der Waals surface area contributed by atoms with E-state index in [-0.39, 0.29) is 17.0 Å². The van der Waals surface area contributed by atoms with Gasteiger partial charge < -0.3 is 55.6 Å². The molecule has 0 amide bonds. The molecule has 0 saturated carbocycles. The summed E-state index contributed by atoms with van der Waals surface area (Å²) in [5, 5.41) is 59.2. The highest BCUT2D eigenvalue weighted by Gasteiger charge is 2.49. The van der Waals surface area contributed by atoms with Crippen LogP contribution < -0.4 is 5.73 Å². The molecular weight excluding hydrogens is 564 g/mol. The van der Waals surface area contributed by atoms with Gasteiger partial charge in [0.05, 0.1) is 19.5 Å². The van der Waals surface area contributed by atoms with Crippen molar-refractivity contribution in [2.45, 2.75) is 55.2 Å². The molecule has 2 fully saturated rings. The first-order valence-corrected chi connectivity index (χ1v) is 13.7. The molecule has 4 rings (SSSR count). The summed E-state index contributed by atoms with van der Waals surface area (Å²) in [5.41, 5.74) is 6.05. The first kappa shape index (κ1) is 29.3. The minimum Gasteiger partial charge on any atom is -0.394 e. The van der Waals surface area contributed by atoms with E-state index in [1.54, 1.807) is 0 Å². The number of aliphatic hydroxyl groups excluding tert-OH is 6. The molecule has 22 heteroatoms. The molecular formula is C16H25N5O15P2. The van der Waals surface area contributed by atoms with Crippen molar-refractivity contribution in [2.75, 3.05) is 18.9 Å². The fourth-order valence-corrected chi connectivity index (χ4v) is 5.94. The fourth-order valence-electron chi connectivity index (χ4n) is 3.78. The zero-order valence-corrected chi connectivity index (χ0v) is 20.7. The van der Waals surface area contributed by atoms with Crippen molar-refractivity contribution in [1.82, 2.24) is 19.5 Å². The van der Waals surface area contributed by atoms with Crippen molar-refractivity contribution < 1.29 is 72.4 Å². The molecule has 0 spiro atoms. The number of phosphoric ester groups is 2. The van der Waals surface area contributed by atoms with Crippen LogP contribution in [0.3, 0.4) is 0 Å². The van der Waals surface area contributed by atoms with E-state index in [1.807, 2.05) is 0 Å². The summed E-state index contributed by atoms with van der Waals surface area (Å²) in [6.07, 6.45) is -13.3. The number of nitrogens with two attached hydrogens (primary N) is 1. The van der Waals surface area contributed by atoms with Gasteiger partial charge in [-0.2, -0.15) is 4.31 Å². The van der Waals surface area contributed by atoms with Gasteiger partial charge in [0.1, 0.15) is 54.6 Å². The first-order chi connectivity index (χ1) is 17.7. The van der Waals surface area contributed by atoms with E-state index >= 15 is 0 Å². The minimum atomic E-state index is -5.56. The fraction of sp³-hybridized carbons (Fsp3) is 0.688. The second kappa shape index (κ2) is 11.0. The van der Waals surface area contributed by atoms with Gasteiger partial charge in [0.25, 0.3) is 0 Å². The molecule has 11 atom stereocenters. The molecule has 214 valence electrons. The summed E-state index contributed by atoms with van der Waals surface area (Å²) < 4.78 is 49.3. The molecule has 2 aliphatic rings. The summed E-state index contributed by atoms with van der Waals surface area (Å²) in [4.78, 5) is 31.5. The van der Waals surface area contributed by atoms with Gasteiger partial charge >= 0.3 is 15.6 Å². The topological polar surface area (TPSA) is 312 Å². The van der Waals surface area contributed by atoms with E-state index in [0.717, 1.165) is 6.33 Å². The normalized spacial score (nSPS) is 37.2. The number of aliphatic hydroxyl groups is 6. The predicted octanol–water partition coefficient (Wildman–Crippen LogP) is -3.92. The highest BCUT2D eigenvalue weighted by Crippen LogP contribution is 2.61. The number of hydrogen-bond acceptors (Lipinski definition) is 17. The van der Waals surface area contributed by atoms with E-state index in [0.29, 0.717) is 0 Å². The van der Waals surface area contributed by atoms with Crippen molar-refractivity contribution in [3.8, 4) is 0 Å². The van der Waals surface area contributed by atoms with Crippen LogP contribution in [0.15, 0.2) is 12.7 Å². The predicted molar refractivity (Wildman–Crippen MR) is 117 cm³/mol. The van der Waals surface area contributed by atoms with Crippen molar-refractivity contribution >= 4 is 32.6 Å². The zero-order valence-electron chi connectivity index (χ0n) is 19.0. The lowest BCUT2D eigenvalue weighted by Crippen LogP contribution is -2.58. The van der Waals surface area contributed by atoms with Crippen LogP contribution in [0.2, 0.25) is 0 Å². The third kappa shape index (κ3) is 5.89. The van der Waals surface area contributed by atoms with Crippen LogP contribution in [-0.4, -0.2) is 122 Å². The molecule has 0 bridgehead atoms. The average Bonchev–Trinajstić information content (AvgIpc) is 3.39. The molecule has 4 heterocycles. The summed E-state index contributed by atoms with van der Waals surface area (Å²) in [5.74, 6) is 0.0411. The first-order valence-electron chi connectivity index (χ1n) is 10.7. The SMILES string of the molecule is Nc1ncnc2c1ncn2[C@@H]1O[C@H](COP(=O)(O)OP(=O)(O)OC2O[C@H](CO)[C@@H](O)[C@H](O)[C@H]2O)[C@@H](O)[C@H]1O. The Labute approximate surface area is 212 Å². The van der Waals surface area contributed by atoms with Crippen LogP contribution in [0.1, 0.15) is 6.23 Å². The van der Waals surface area contributed by atoms with Crippen LogP contribution >= 0.6 is 15.6 Å². The maximum absolute atomic E-state index is 12.3. The Bertz CT molecular complexity index is 1230. The Morgan fingerprint density at radius 3 is 2.29 bits per heavy atom. The van der Waals surface area contributed by atoms with Gasteiger partial charge in [0.15, 0.2) is 24.0 Å². The molecule has 38 heavy (non-hydrogen) atoms. The molecule has 3 unspecified atom stereocenters. The number of hydrogen-bond donors (Lipinski definition) is 9. The Kier molecular flexibility index (Phi) is 8.51. The molecule has 2 saturated heterocycles. The number of imidazole rings is 1. The van der Waals surface area contributed by atoms with E-state index in [2.05, 4.69) is 28.3 Å². The molecule has 2 aromatic rings. The van der Waals surface area contributed by atoms with Crippen LogP contribution in [0.5, 0.6) is 0 Å². The second-order valence-corrected chi connectivity index (χ2v) is 11.2. The van der Waals surface area contributed by atoms with Gasteiger partial charge in [-0.15, -0.1) is 0 Å². The molecule has 2 aliphatic heterocycles. The second-order valence-electron chi connectivity index (χ2n) is 8.25. The summed E-state index contributed by atoms with van der Waals surface area (Å²) in [6.45, 7) is -1.82. The Morgan fingerprint density at radius 1 is 0.921 bits per heavy atom. The monoisotopic (exact) mass is 589 g/mol. The number of fused-ring (bicyclic) bond motifs is 1. The zero-order chi connectivity index (χ0) is 28.0. The van der Waals surface area contributed by atoms with Gasteiger partial charge in [-0.1, -0.05) is 0 Å². The van der Waals surface area contributed by atoms with Crippen LogP contribution in [0.25, 0.3) is 11.2 Å². The molecule has 2 aromatic heterocycles. The van der Waals surface area contributed by atoms with E-state index in [4.69, 9.17) is 20.3 Å². The number of nitrogens with zero attached hydrogens (tertiary/aromatic N) is 4. The van der Waals surface area contributed by atoms with Crippen molar-refractivity contribution in [2.24, 2.45) is 0 Å². The summed E-state index contributed by atoms with van der Waals surface area (Å²) >= 11 is 0. The lowest BCUT2D eigenvalue weighted by atomic mass is 10.00. The largest absolute Gasteiger partial charge is 0.483 e. The summed E-state index contributed by atoms with van der Waals surface area (Å²) in [6, 6.07) is 0. The minimum absolute atomic E-state index is 0.0411. The number of rotatable bonds is 9. The van der Waals surface area contributed by atoms with Crippen LogP contribution in [0.4, 0.5) is 5.82 Å². The number of anilines is 1. The van der Waals surface area contributed by atoms with Gasteiger partial charge in [-0.05, 0) is 0 Å². The maximum Gasteiger partial charge on any atom is 0.483 e. The van der Waals surface area contributed by atoms with Gasteiger partial charge in [-0.3, -0.25) is 13.6 Å². The standard InChI is InChI=1S/C16H25N5O15P2/c17-13-7-14(19-3-18-13)21(4-20-7)15-11(26)9(24)6(33-15)2-32-37(28,29)36-38(30,31)35-16-12(27)10(25)8(23)5(1-22)34-16/h3-6,8-12,15-16,22-27H,1-2H2,(H,28,29)(H,30,31)(H2,17,18,19)/t5-,6-,8-,9-,10+,11-,12-,15-,16?/m1/s1. The Hall–Kier alpha value is -1.71. The van der Waals surface area contributed by atoms with Crippen molar-refractivity contribution in [3.05, 3.63) is 12.7 Å². The van der Waals surface area contributed by atoms with Gasteiger partial charge in [-0.25, -0.2) is 24.1 Å². The van der Waals surface area contributed by atoms with E-state index < -0.39 is 84.1 Å². The lowest BCUT2D eigenvalue weighted by molar-refractivity contribution is -0.280. The van der Waals surface area contributed by atoms with Crippen molar-refractivity contribution in [1.29, 1.82) is 0 Å². The van der Waals surface area contributed by atoms with Gasteiger partial charge in [0, 0.05) is 0 Å². The van der Waals surface area contributed by atoms with Gasteiger partial charge in [0.2, 0.25) is 0 Å². The van der Waals surface area contributed by atoms with E-state index in [1.165, 1.54) is 10.9 Å². The lowest BCUT2D eigenvalue weighted by Gasteiger charge is -2.39. The highest BCUT2D eigenvalue weighted by atomic mass is 31.3. The third-order valence-electron chi connectivity index (χ3n) is 5.69. The Balaban J connectivity index is 1.38. The number of aromatic nitrogens is 4. The maximum atomic E-state index is 12.3. The molecule has 0 radical (unpaired) electrons. The van der Waals surface area contributed by atoms with Crippen LogP contribution in [0, 0.1) is 0 Å². The van der Waals surface area contributed by atoms with Crippen molar-refractivity contribution in [3.63, 3.8) is 0 Å². The average molecular weight is 589 g/mol. The third-order valence-corrected chi connectivity index (χ3v) is 8.29. The molecule has 10 N–H and O–H groups in total. The number of phosphoric acid groups is 2. The number of nitrogen functional groups attached to an aromatic ring is 1. The molecule has 0 aromatic carbocycles. The molecule has 20 nitrogen and oxygen atoms in total. The Morgan fingerprint density at radius 2 is 1.61 bits per heavy atom. The quantitative estimate of drug-likeness (QED) is 0.126.